The molecule has 0 amide bonds. The topological polar surface area (TPSA) is 28.7 Å². The number of imidazole rings is 1. The van der Waals surface area contributed by atoms with E-state index in [0.29, 0.717) is 0 Å². The number of aromatic amines is 1. The van der Waals surface area contributed by atoms with Gasteiger partial charge < -0.3 is 4.98 Å². The van der Waals surface area contributed by atoms with Gasteiger partial charge in [-0.3, -0.25) is 0 Å². The molecule has 2 rings (SSSR count). The van der Waals surface area contributed by atoms with Crippen LogP contribution >= 0.6 is 0 Å². The number of nitrogens with one attached hydrogen (secondary N) is 1. The fraction of sp³-hybridized carbons (Fsp3) is 0. The lowest BCUT2D eigenvalue weighted by atomic mass is 10.2. The summed E-state index contributed by atoms with van der Waals surface area (Å²) in [6.07, 6.45) is 7.51. The van der Waals surface area contributed by atoms with E-state index in [1.54, 1.807) is 12.5 Å². The Morgan fingerprint density at radius 2 is 1.92 bits per heavy atom. The molecule has 0 atom stereocenters. The first-order valence-electron chi connectivity index (χ1n) is 4.17. The van der Waals surface area contributed by atoms with Crippen molar-refractivity contribution in [3.63, 3.8) is 0 Å². The van der Waals surface area contributed by atoms with Crippen LogP contribution in [0.15, 0.2) is 42.9 Å². The van der Waals surface area contributed by atoms with Gasteiger partial charge in [0.05, 0.1) is 18.2 Å². The lowest BCUT2D eigenvalue weighted by molar-refractivity contribution is 1.31. The lowest BCUT2D eigenvalue weighted by Crippen LogP contribution is -1.70. The van der Waals surface area contributed by atoms with Crippen LogP contribution in [-0.4, -0.2) is 9.97 Å². The predicted octanol–water partition coefficient (Wildman–Crippen LogP) is 2.58. The van der Waals surface area contributed by atoms with Crippen molar-refractivity contribution in [1.82, 2.24) is 9.97 Å². The van der Waals surface area contributed by atoms with Gasteiger partial charge in [0.1, 0.15) is 0 Å². The molecule has 1 N–H and O–H groups in total. The summed E-state index contributed by atoms with van der Waals surface area (Å²) in [4.78, 5) is 6.94. The van der Waals surface area contributed by atoms with Crippen molar-refractivity contribution in [2.24, 2.45) is 0 Å². The van der Waals surface area contributed by atoms with Gasteiger partial charge in [-0.15, -0.1) is 0 Å². The van der Waals surface area contributed by atoms with E-state index in [4.69, 9.17) is 0 Å². The van der Waals surface area contributed by atoms with Crippen LogP contribution in [0, 0.1) is 0 Å². The molecule has 0 radical (unpaired) electrons. The Kier molecular flexibility index (Phi) is 2.23. The SMILES string of the molecule is C(=Cc1cnc[nH]1)c1ccccc1. The van der Waals surface area contributed by atoms with Crippen LogP contribution in [-0.2, 0) is 0 Å². The van der Waals surface area contributed by atoms with Gasteiger partial charge in [-0.05, 0) is 11.6 Å². The number of H-pyrrole nitrogens is 1. The average molecular weight is 170 g/mol. The van der Waals surface area contributed by atoms with Gasteiger partial charge in [-0.25, -0.2) is 4.98 Å². The summed E-state index contributed by atoms with van der Waals surface area (Å²) in [5.74, 6) is 0. The second-order valence-corrected chi connectivity index (χ2v) is 2.75. The summed E-state index contributed by atoms with van der Waals surface area (Å²) in [7, 11) is 0. The summed E-state index contributed by atoms with van der Waals surface area (Å²) in [6, 6.07) is 10.2. The molecule has 1 aromatic carbocycles. The molecule has 0 aliphatic carbocycles. The van der Waals surface area contributed by atoms with Crippen LogP contribution in [0.2, 0.25) is 0 Å². The Labute approximate surface area is 77.0 Å². The molecule has 0 fully saturated rings. The van der Waals surface area contributed by atoms with Gasteiger partial charge >= 0.3 is 0 Å². The van der Waals surface area contributed by atoms with Gasteiger partial charge in [0, 0.05) is 0 Å². The standard InChI is InChI=1S/C11H10N2/c1-2-4-10(5-3-1)6-7-11-8-12-9-13-11/h1-9H,(H,12,13). The van der Waals surface area contributed by atoms with Gasteiger partial charge in [0.2, 0.25) is 0 Å². The van der Waals surface area contributed by atoms with Crippen LogP contribution in [0.5, 0.6) is 0 Å². The third kappa shape index (κ3) is 2.06. The van der Waals surface area contributed by atoms with Crippen molar-refractivity contribution in [3.8, 4) is 0 Å². The minimum atomic E-state index is 1.02. The lowest BCUT2D eigenvalue weighted by Gasteiger charge is -1.89. The highest BCUT2D eigenvalue weighted by Crippen LogP contribution is 2.04. The highest BCUT2D eigenvalue weighted by atomic mass is 14.8. The van der Waals surface area contributed by atoms with Crippen LogP contribution in [0.3, 0.4) is 0 Å². The molecule has 1 heterocycles. The third-order valence-corrected chi connectivity index (χ3v) is 1.77. The third-order valence-electron chi connectivity index (χ3n) is 1.77. The zero-order valence-corrected chi connectivity index (χ0v) is 7.14. The molecule has 64 valence electrons. The predicted molar refractivity (Wildman–Crippen MR) is 54.0 cm³/mol. The Morgan fingerprint density at radius 3 is 2.62 bits per heavy atom. The quantitative estimate of drug-likeness (QED) is 0.737. The van der Waals surface area contributed by atoms with E-state index in [-0.39, 0.29) is 0 Å². The van der Waals surface area contributed by atoms with E-state index in [9.17, 15) is 0 Å². The molecule has 0 aliphatic rings. The second kappa shape index (κ2) is 3.72. The maximum Gasteiger partial charge on any atom is 0.0924 e. The molecular formula is C11H10N2. The Balaban J connectivity index is 2.15. The molecule has 2 aromatic rings. The van der Waals surface area contributed by atoms with Gasteiger partial charge in [0.25, 0.3) is 0 Å². The highest BCUT2D eigenvalue weighted by Gasteiger charge is 1.85. The molecular weight excluding hydrogens is 160 g/mol. The Bertz CT molecular complexity index is 374. The molecule has 0 unspecified atom stereocenters. The first kappa shape index (κ1) is 7.80. The Morgan fingerprint density at radius 1 is 1.08 bits per heavy atom. The molecule has 2 nitrogen and oxygen atoms in total. The zero-order valence-electron chi connectivity index (χ0n) is 7.14. The average Bonchev–Trinajstić information content (AvgIpc) is 2.69. The number of hydrogen-bond donors (Lipinski definition) is 1. The molecule has 2 heteroatoms. The fourth-order valence-electron chi connectivity index (χ4n) is 1.11. The normalized spacial score (nSPS) is 10.8. The van der Waals surface area contributed by atoms with E-state index in [1.807, 2.05) is 30.4 Å². The first-order valence-corrected chi connectivity index (χ1v) is 4.17. The van der Waals surface area contributed by atoms with Crippen molar-refractivity contribution in [2.75, 3.05) is 0 Å². The number of benzene rings is 1. The van der Waals surface area contributed by atoms with Crippen molar-refractivity contribution < 1.29 is 0 Å². The van der Waals surface area contributed by atoms with Gasteiger partial charge in [-0.1, -0.05) is 36.4 Å². The molecule has 0 spiro atoms. The van der Waals surface area contributed by atoms with Crippen LogP contribution in [0.25, 0.3) is 12.2 Å². The van der Waals surface area contributed by atoms with E-state index in [0.717, 1.165) is 5.69 Å². The van der Waals surface area contributed by atoms with Gasteiger partial charge in [0.15, 0.2) is 0 Å². The van der Waals surface area contributed by atoms with Crippen molar-refractivity contribution in [3.05, 3.63) is 54.1 Å². The zero-order chi connectivity index (χ0) is 8.93. The van der Waals surface area contributed by atoms with Crippen LogP contribution in [0.4, 0.5) is 0 Å². The molecule has 0 aliphatic heterocycles. The fourth-order valence-corrected chi connectivity index (χ4v) is 1.11. The monoisotopic (exact) mass is 170 g/mol. The second-order valence-electron chi connectivity index (χ2n) is 2.75. The smallest absolute Gasteiger partial charge is 0.0924 e. The largest absolute Gasteiger partial charge is 0.345 e. The van der Waals surface area contributed by atoms with Crippen LogP contribution in [0.1, 0.15) is 11.3 Å². The molecule has 1 aromatic heterocycles. The summed E-state index contributed by atoms with van der Waals surface area (Å²) < 4.78 is 0. The first-order chi connectivity index (χ1) is 6.45. The molecule has 0 saturated heterocycles. The summed E-state index contributed by atoms with van der Waals surface area (Å²) in [5.41, 5.74) is 2.21. The van der Waals surface area contributed by atoms with Gasteiger partial charge in [-0.2, -0.15) is 0 Å². The number of nitrogens with zero attached hydrogens (tertiary/aromatic N) is 1. The summed E-state index contributed by atoms with van der Waals surface area (Å²) in [5, 5.41) is 0. The van der Waals surface area contributed by atoms with E-state index < -0.39 is 0 Å². The van der Waals surface area contributed by atoms with E-state index in [1.165, 1.54) is 5.56 Å². The molecule has 0 saturated carbocycles. The maximum atomic E-state index is 3.93. The number of rotatable bonds is 2. The summed E-state index contributed by atoms with van der Waals surface area (Å²) in [6.45, 7) is 0. The van der Waals surface area contributed by atoms with Crippen LogP contribution < -0.4 is 0 Å². The van der Waals surface area contributed by atoms with Crippen molar-refractivity contribution in [2.45, 2.75) is 0 Å². The number of hydrogen-bond acceptors (Lipinski definition) is 1. The summed E-state index contributed by atoms with van der Waals surface area (Å²) >= 11 is 0. The number of aromatic nitrogens is 2. The minimum Gasteiger partial charge on any atom is -0.345 e. The minimum absolute atomic E-state index is 1.02. The molecule has 0 bridgehead atoms. The maximum absolute atomic E-state index is 3.93. The van der Waals surface area contributed by atoms with Crippen molar-refractivity contribution in [1.29, 1.82) is 0 Å². The van der Waals surface area contributed by atoms with E-state index in [2.05, 4.69) is 22.1 Å². The van der Waals surface area contributed by atoms with E-state index >= 15 is 0 Å². The highest BCUT2D eigenvalue weighted by molar-refractivity contribution is 5.67. The van der Waals surface area contributed by atoms with Crippen molar-refractivity contribution >= 4 is 12.2 Å². The Hall–Kier alpha value is -1.83. The molecule has 13 heavy (non-hydrogen) atoms.